The number of hydrogen-bond acceptors (Lipinski definition) is 5. The molecule has 1 heterocycles. The molecule has 1 rings (SSSR count). The van der Waals surface area contributed by atoms with Crippen LogP contribution in [0.2, 0.25) is 5.28 Å². The number of anilines is 2. The summed E-state index contributed by atoms with van der Waals surface area (Å²) in [6, 6.07) is 0. The van der Waals surface area contributed by atoms with Crippen molar-refractivity contribution in [3.63, 3.8) is 0 Å². The molecule has 17 heavy (non-hydrogen) atoms. The van der Waals surface area contributed by atoms with Gasteiger partial charge in [-0.15, -0.1) is 0 Å². The van der Waals surface area contributed by atoms with Gasteiger partial charge in [0, 0.05) is 19.3 Å². The lowest BCUT2D eigenvalue weighted by Gasteiger charge is -2.17. The van der Waals surface area contributed by atoms with Crippen LogP contribution < -0.4 is 10.2 Å². The van der Waals surface area contributed by atoms with E-state index in [1.165, 1.54) is 5.57 Å². The third kappa shape index (κ3) is 4.19. The van der Waals surface area contributed by atoms with Crippen LogP contribution >= 0.6 is 11.6 Å². The van der Waals surface area contributed by atoms with Gasteiger partial charge in [0.1, 0.15) is 0 Å². The maximum absolute atomic E-state index is 5.87. The van der Waals surface area contributed by atoms with Gasteiger partial charge in [-0.25, -0.2) is 0 Å². The van der Waals surface area contributed by atoms with Crippen LogP contribution in [0.25, 0.3) is 0 Å². The lowest BCUT2D eigenvalue weighted by atomic mass is 10.4. The second-order valence-corrected chi connectivity index (χ2v) is 4.09. The van der Waals surface area contributed by atoms with Crippen molar-refractivity contribution in [1.29, 1.82) is 0 Å². The van der Waals surface area contributed by atoms with Crippen molar-refractivity contribution >= 4 is 23.5 Å². The molecule has 0 unspecified atom stereocenters. The second-order valence-electron chi connectivity index (χ2n) is 3.75. The third-order valence-corrected chi connectivity index (χ3v) is 2.11. The fourth-order valence-electron chi connectivity index (χ4n) is 1.31. The topological polar surface area (TPSA) is 53.9 Å². The Balaban J connectivity index is 3.06. The molecule has 0 saturated carbocycles. The third-order valence-electron chi connectivity index (χ3n) is 1.94. The Morgan fingerprint density at radius 2 is 2.00 bits per heavy atom. The van der Waals surface area contributed by atoms with E-state index in [0.29, 0.717) is 11.9 Å². The van der Waals surface area contributed by atoms with Gasteiger partial charge in [0.2, 0.25) is 17.2 Å². The lowest BCUT2D eigenvalue weighted by molar-refractivity contribution is 0.905. The van der Waals surface area contributed by atoms with E-state index in [-0.39, 0.29) is 5.28 Å². The fourth-order valence-corrected chi connectivity index (χ4v) is 1.46. The van der Waals surface area contributed by atoms with E-state index in [1.54, 1.807) is 0 Å². The first-order chi connectivity index (χ1) is 8.06. The first-order valence-corrected chi connectivity index (χ1v) is 6.01. The van der Waals surface area contributed by atoms with Gasteiger partial charge < -0.3 is 10.2 Å². The quantitative estimate of drug-likeness (QED) is 0.877. The number of halogens is 1. The van der Waals surface area contributed by atoms with Gasteiger partial charge in [0.15, 0.2) is 0 Å². The minimum absolute atomic E-state index is 0.201. The van der Waals surface area contributed by atoms with E-state index >= 15 is 0 Å². The summed E-state index contributed by atoms with van der Waals surface area (Å²) in [7, 11) is 0. The minimum atomic E-state index is 0.201. The van der Waals surface area contributed by atoms with Crippen molar-refractivity contribution in [2.45, 2.75) is 27.7 Å². The Kier molecular flexibility index (Phi) is 5.15. The van der Waals surface area contributed by atoms with Crippen LogP contribution in [0.15, 0.2) is 11.8 Å². The zero-order valence-electron chi connectivity index (χ0n) is 10.7. The summed E-state index contributed by atoms with van der Waals surface area (Å²) in [4.78, 5) is 14.4. The molecule has 0 spiro atoms. The molecule has 1 aromatic rings. The van der Waals surface area contributed by atoms with Gasteiger partial charge >= 0.3 is 0 Å². The molecule has 0 radical (unpaired) electrons. The molecule has 1 aromatic heterocycles. The molecule has 0 atom stereocenters. The molecule has 0 bridgehead atoms. The number of allylic oxidation sites excluding steroid dienone is 1. The molecular formula is C11H18ClN5. The standard InChI is InChI=1S/C11H18ClN5/c1-5-13-10-14-9(12)15-11(16-10)17(6-2)7-8(3)4/h7H,5-6H2,1-4H3,(H,13,14,15,16). The average Bonchev–Trinajstić information content (AvgIpc) is 2.25. The van der Waals surface area contributed by atoms with Crippen molar-refractivity contribution in [1.82, 2.24) is 15.0 Å². The van der Waals surface area contributed by atoms with E-state index < -0.39 is 0 Å². The molecule has 5 nitrogen and oxygen atoms in total. The zero-order chi connectivity index (χ0) is 12.8. The molecule has 0 aromatic carbocycles. The predicted molar refractivity (Wildman–Crippen MR) is 71.5 cm³/mol. The maximum Gasteiger partial charge on any atom is 0.235 e. The molecule has 6 heteroatoms. The summed E-state index contributed by atoms with van der Waals surface area (Å²) >= 11 is 5.87. The maximum atomic E-state index is 5.87. The summed E-state index contributed by atoms with van der Waals surface area (Å²) in [6.45, 7) is 9.58. The van der Waals surface area contributed by atoms with E-state index in [2.05, 4.69) is 20.3 Å². The number of rotatable bonds is 5. The molecule has 94 valence electrons. The monoisotopic (exact) mass is 255 g/mol. The highest BCUT2D eigenvalue weighted by atomic mass is 35.5. The van der Waals surface area contributed by atoms with Crippen LogP contribution in [0, 0.1) is 0 Å². The van der Waals surface area contributed by atoms with Crippen LogP contribution in [-0.4, -0.2) is 28.0 Å². The summed E-state index contributed by atoms with van der Waals surface area (Å²) in [6.07, 6.45) is 1.99. The number of nitrogens with one attached hydrogen (secondary N) is 1. The second kappa shape index (κ2) is 6.39. The Morgan fingerprint density at radius 3 is 2.53 bits per heavy atom. The minimum Gasteiger partial charge on any atom is -0.354 e. The average molecular weight is 256 g/mol. The Morgan fingerprint density at radius 1 is 1.29 bits per heavy atom. The van der Waals surface area contributed by atoms with Gasteiger partial charge in [-0.1, -0.05) is 5.57 Å². The number of hydrogen-bond donors (Lipinski definition) is 1. The smallest absolute Gasteiger partial charge is 0.235 e. The molecule has 0 aliphatic carbocycles. The first kappa shape index (κ1) is 13.7. The number of nitrogens with zero attached hydrogens (tertiary/aromatic N) is 4. The number of aromatic nitrogens is 3. The van der Waals surface area contributed by atoms with Gasteiger partial charge in [0.05, 0.1) is 0 Å². The Labute approximate surface area is 107 Å². The van der Waals surface area contributed by atoms with E-state index in [4.69, 9.17) is 11.6 Å². The van der Waals surface area contributed by atoms with E-state index in [1.807, 2.05) is 38.8 Å². The highest BCUT2D eigenvalue weighted by Crippen LogP contribution is 2.14. The van der Waals surface area contributed by atoms with E-state index in [9.17, 15) is 0 Å². The Bertz CT molecular complexity index is 401. The first-order valence-electron chi connectivity index (χ1n) is 5.64. The van der Waals surface area contributed by atoms with Crippen molar-refractivity contribution < 1.29 is 0 Å². The highest BCUT2D eigenvalue weighted by molar-refractivity contribution is 6.28. The van der Waals surface area contributed by atoms with Crippen LogP contribution in [0.5, 0.6) is 0 Å². The molecule has 0 amide bonds. The van der Waals surface area contributed by atoms with Crippen molar-refractivity contribution in [2.24, 2.45) is 0 Å². The molecule has 0 saturated heterocycles. The van der Waals surface area contributed by atoms with Crippen LogP contribution in [0.1, 0.15) is 27.7 Å². The molecule has 0 aliphatic heterocycles. The molecule has 1 N–H and O–H groups in total. The summed E-state index contributed by atoms with van der Waals surface area (Å²) < 4.78 is 0. The summed E-state index contributed by atoms with van der Waals surface area (Å²) in [5.74, 6) is 1.06. The van der Waals surface area contributed by atoms with Crippen LogP contribution in [0.3, 0.4) is 0 Å². The van der Waals surface area contributed by atoms with Crippen molar-refractivity contribution in [3.05, 3.63) is 17.1 Å². The fraction of sp³-hybridized carbons (Fsp3) is 0.545. The molecule has 0 aliphatic rings. The van der Waals surface area contributed by atoms with Gasteiger partial charge in [-0.2, -0.15) is 15.0 Å². The molecular weight excluding hydrogens is 238 g/mol. The molecule has 0 fully saturated rings. The zero-order valence-corrected chi connectivity index (χ0v) is 11.4. The predicted octanol–water partition coefficient (Wildman–Crippen LogP) is 2.71. The van der Waals surface area contributed by atoms with Crippen molar-refractivity contribution in [3.8, 4) is 0 Å². The van der Waals surface area contributed by atoms with E-state index in [0.717, 1.165) is 13.1 Å². The van der Waals surface area contributed by atoms with Gasteiger partial charge in [-0.05, 0) is 39.3 Å². The highest BCUT2D eigenvalue weighted by Gasteiger charge is 2.09. The lowest BCUT2D eigenvalue weighted by Crippen LogP contribution is -2.19. The Hall–Kier alpha value is -1.36. The van der Waals surface area contributed by atoms with Crippen molar-refractivity contribution in [2.75, 3.05) is 23.3 Å². The van der Waals surface area contributed by atoms with Crippen LogP contribution in [0.4, 0.5) is 11.9 Å². The van der Waals surface area contributed by atoms with Gasteiger partial charge in [0.25, 0.3) is 0 Å². The van der Waals surface area contributed by atoms with Gasteiger partial charge in [-0.3, -0.25) is 0 Å². The largest absolute Gasteiger partial charge is 0.354 e. The SMILES string of the molecule is CCNc1nc(Cl)nc(N(C=C(C)C)CC)n1. The normalized spacial score (nSPS) is 9.94. The summed E-state index contributed by atoms with van der Waals surface area (Å²) in [5, 5.41) is 3.23. The summed E-state index contributed by atoms with van der Waals surface area (Å²) in [5.41, 5.74) is 1.17. The van der Waals surface area contributed by atoms with Crippen LogP contribution in [-0.2, 0) is 0 Å².